The topological polar surface area (TPSA) is 38.2 Å². The summed E-state index contributed by atoms with van der Waals surface area (Å²) in [6.07, 6.45) is 6.91. The highest BCUT2D eigenvalue weighted by Crippen LogP contribution is 2.24. The summed E-state index contributed by atoms with van der Waals surface area (Å²) in [5.41, 5.74) is 0. The molecular formula is C12H19N3OS. The van der Waals surface area contributed by atoms with E-state index in [1.807, 2.05) is 24.9 Å². The van der Waals surface area contributed by atoms with Crippen molar-refractivity contribution >= 4 is 17.6 Å². The van der Waals surface area contributed by atoms with Gasteiger partial charge in [0, 0.05) is 13.1 Å². The van der Waals surface area contributed by atoms with E-state index in [0.29, 0.717) is 12.5 Å². The molecule has 0 N–H and O–H groups in total. The highest BCUT2D eigenvalue weighted by molar-refractivity contribution is 7.98. The summed E-state index contributed by atoms with van der Waals surface area (Å²) in [7, 11) is 0. The molecule has 0 unspecified atom stereocenters. The first-order chi connectivity index (χ1) is 8.33. The molecule has 0 radical (unpaired) electrons. The number of thioether (sulfide) groups is 1. The molecule has 0 bridgehead atoms. The summed E-state index contributed by atoms with van der Waals surface area (Å²) in [5, 5.41) is 0. The molecule has 1 aliphatic heterocycles. The Labute approximate surface area is 107 Å². The summed E-state index contributed by atoms with van der Waals surface area (Å²) in [6, 6.07) is 0. The van der Waals surface area contributed by atoms with Crippen LogP contribution in [0.1, 0.15) is 13.3 Å². The van der Waals surface area contributed by atoms with Gasteiger partial charge in [0.15, 0.2) is 5.82 Å². The molecule has 1 aromatic heterocycles. The second kappa shape index (κ2) is 6.10. The molecule has 17 heavy (non-hydrogen) atoms. The number of rotatable bonds is 5. The molecule has 1 saturated heterocycles. The molecule has 2 rings (SSSR count). The van der Waals surface area contributed by atoms with E-state index in [4.69, 9.17) is 4.74 Å². The molecule has 1 aromatic rings. The minimum absolute atomic E-state index is 0.623. The highest BCUT2D eigenvalue weighted by atomic mass is 32.2. The van der Waals surface area contributed by atoms with E-state index in [9.17, 15) is 0 Å². The Kier molecular flexibility index (Phi) is 4.48. The highest BCUT2D eigenvalue weighted by Gasteiger charge is 2.23. The quantitative estimate of drug-likeness (QED) is 0.803. The maximum absolute atomic E-state index is 5.38. The van der Waals surface area contributed by atoms with Gasteiger partial charge in [0.25, 0.3) is 0 Å². The second-order valence-corrected chi connectivity index (χ2v) is 5.12. The van der Waals surface area contributed by atoms with Gasteiger partial charge in [-0.2, -0.15) is 16.7 Å². The molecule has 1 atom stereocenters. The van der Waals surface area contributed by atoms with Crippen molar-refractivity contribution in [1.29, 1.82) is 0 Å². The summed E-state index contributed by atoms with van der Waals surface area (Å²) >= 11 is 1.92. The zero-order chi connectivity index (χ0) is 12.1. The van der Waals surface area contributed by atoms with Crippen LogP contribution in [-0.4, -0.2) is 41.7 Å². The summed E-state index contributed by atoms with van der Waals surface area (Å²) in [4.78, 5) is 11.0. The fourth-order valence-corrected chi connectivity index (χ4v) is 2.86. The number of ether oxygens (including phenoxy) is 1. The Morgan fingerprint density at radius 3 is 3.18 bits per heavy atom. The molecule has 0 amide bonds. The number of hydrogen-bond acceptors (Lipinski definition) is 5. The van der Waals surface area contributed by atoms with Crippen molar-refractivity contribution in [1.82, 2.24) is 9.97 Å². The van der Waals surface area contributed by atoms with Crippen molar-refractivity contribution in [2.75, 3.05) is 36.6 Å². The number of nitrogens with zero attached hydrogens (tertiary/aromatic N) is 3. The Morgan fingerprint density at radius 2 is 2.41 bits per heavy atom. The minimum atomic E-state index is 0.623. The smallest absolute Gasteiger partial charge is 0.234 e. The van der Waals surface area contributed by atoms with Gasteiger partial charge in [-0.3, -0.25) is 4.98 Å². The first-order valence-electron chi connectivity index (χ1n) is 6.02. The van der Waals surface area contributed by atoms with Crippen LogP contribution in [0.2, 0.25) is 0 Å². The second-order valence-electron chi connectivity index (χ2n) is 4.20. The first kappa shape index (κ1) is 12.5. The molecule has 5 heteroatoms. The lowest BCUT2D eigenvalue weighted by molar-refractivity contribution is 0.325. The van der Waals surface area contributed by atoms with Crippen molar-refractivity contribution in [2.45, 2.75) is 13.3 Å². The van der Waals surface area contributed by atoms with Crippen molar-refractivity contribution in [3.63, 3.8) is 0 Å². The van der Waals surface area contributed by atoms with Crippen LogP contribution >= 0.6 is 11.8 Å². The molecule has 0 aliphatic carbocycles. The number of aromatic nitrogens is 2. The molecule has 1 aliphatic rings. The van der Waals surface area contributed by atoms with Crippen molar-refractivity contribution < 1.29 is 4.74 Å². The fourth-order valence-electron chi connectivity index (χ4n) is 2.12. The van der Waals surface area contributed by atoms with Crippen LogP contribution < -0.4 is 9.64 Å². The monoisotopic (exact) mass is 253 g/mol. The van der Waals surface area contributed by atoms with Gasteiger partial charge >= 0.3 is 0 Å². The van der Waals surface area contributed by atoms with Crippen molar-refractivity contribution in [3.8, 4) is 5.88 Å². The average molecular weight is 253 g/mol. The molecule has 0 aromatic carbocycles. The predicted molar refractivity (Wildman–Crippen MR) is 71.9 cm³/mol. The number of hydrogen-bond donors (Lipinski definition) is 0. The number of anilines is 1. The van der Waals surface area contributed by atoms with E-state index in [2.05, 4.69) is 21.1 Å². The molecule has 94 valence electrons. The Morgan fingerprint density at radius 1 is 1.53 bits per heavy atom. The Balaban J connectivity index is 2.00. The van der Waals surface area contributed by atoms with Crippen LogP contribution in [-0.2, 0) is 0 Å². The first-order valence-corrected chi connectivity index (χ1v) is 7.41. The van der Waals surface area contributed by atoms with Crippen LogP contribution in [0.25, 0.3) is 0 Å². The lowest BCUT2D eigenvalue weighted by atomic mass is 10.2. The van der Waals surface area contributed by atoms with Gasteiger partial charge in [-0.1, -0.05) is 0 Å². The standard InChI is InChI=1S/C12H19N3OS/c1-3-16-12-7-13-6-11(14-12)15-5-4-10(8-15)9-17-2/h6-7,10H,3-5,8-9H2,1-2H3/t10-/m0/s1. The maximum Gasteiger partial charge on any atom is 0.234 e. The summed E-state index contributed by atoms with van der Waals surface area (Å²) in [6.45, 7) is 4.76. The molecule has 0 spiro atoms. The fraction of sp³-hybridized carbons (Fsp3) is 0.667. The lowest BCUT2D eigenvalue weighted by Gasteiger charge is -2.17. The third kappa shape index (κ3) is 3.25. The largest absolute Gasteiger partial charge is 0.477 e. The van der Waals surface area contributed by atoms with E-state index in [1.54, 1.807) is 6.20 Å². The Hall–Kier alpha value is -0.970. The van der Waals surface area contributed by atoms with Gasteiger partial charge < -0.3 is 9.64 Å². The van der Waals surface area contributed by atoms with E-state index >= 15 is 0 Å². The van der Waals surface area contributed by atoms with Gasteiger partial charge in [-0.15, -0.1) is 0 Å². The Bertz CT molecular complexity index is 361. The van der Waals surface area contributed by atoms with Crippen LogP contribution in [0, 0.1) is 5.92 Å². The third-order valence-electron chi connectivity index (χ3n) is 2.90. The lowest BCUT2D eigenvalue weighted by Crippen LogP contribution is -2.21. The van der Waals surface area contributed by atoms with Crippen molar-refractivity contribution in [2.24, 2.45) is 5.92 Å². The normalized spacial score (nSPS) is 19.6. The van der Waals surface area contributed by atoms with Crippen molar-refractivity contribution in [3.05, 3.63) is 12.4 Å². The molecule has 1 fully saturated rings. The van der Waals surface area contributed by atoms with Crippen LogP contribution in [0.15, 0.2) is 12.4 Å². The van der Waals surface area contributed by atoms with Crippen LogP contribution in [0.5, 0.6) is 5.88 Å². The van der Waals surface area contributed by atoms with Crippen LogP contribution in [0.4, 0.5) is 5.82 Å². The van der Waals surface area contributed by atoms with Gasteiger partial charge in [0.1, 0.15) is 0 Å². The summed E-state index contributed by atoms with van der Waals surface area (Å²) < 4.78 is 5.38. The molecular weight excluding hydrogens is 234 g/mol. The zero-order valence-corrected chi connectivity index (χ0v) is 11.2. The van der Waals surface area contributed by atoms with Gasteiger partial charge in [-0.05, 0) is 31.3 Å². The minimum Gasteiger partial charge on any atom is -0.477 e. The van der Waals surface area contributed by atoms with E-state index in [1.165, 1.54) is 12.2 Å². The maximum atomic E-state index is 5.38. The van der Waals surface area contributed by atoms with Gasteiger partial charge in [-0.25, -0.2) is 0 Å². The molecule has 0 saturated carbocycles. The van der Waals surface area contributed by atoms with Gasteiger partial charge in [0.05, 0.1) is 19.0 Å². The van der Waals surface area contributed by atoms with E-state index in [0.717, 1.165) is 24.8 Å². The van der Waals surface area contributed by atoms with Crippen LogP contribution in [0.3, 0.4) is 0 Å². The molecule has 2 heterocycles. The summed E-state index contributed by atoms with van der Waals surface area (Å²) in [5.74, 6) is 3.58. The third-order valence-corrected chi connectivity index (χ3v) is 3.71. The zero-order valence-electron chi connectivity index (χ0n) is 10.4. The van der Waals surface area contributed by atoms with E-state index in [-0.39, 0.29) is 0 Å². The van der Waals surface area contributed by atoms with E-state index < -0.39 is 0 Å². The average Bonchev–Trinajstić information content (AvgIpc) is 2.79. The SMILES string of the molecule is CCOc1cncc(N2CC[C@H](CSC)C2)n1. The predicted octanol–water partition coefficient (Wildman–Crippen LogP) is 2.06. The van der Waals surface area contributed by atoms with Gasteiger partial charge in [0.2, 0.25) is 5.88 Å². The molecule has 4 nitrogen and oxygen atoms in total.